The molecule has 3 heterocycles. The Morgan fingerprint density at radius 2 is 2.18 bits per heavy atom. The molecule has 0 amide bonds. The normalized spacial score (nSPS) is 10.8. The molecule has 3 aromatic rings. The molecule has 0 spiro atoms. The number of pyridine rings is 1. The molecule has 0 unspecified atom stereocenters. The molecule has 0 aliphatic carbocycles. The standard InChI is InChI=1S/C12H8N2OS2/c13-11-7-3-4-8(9-2-1-5-16-9)14-12(7)17-10(11)6-15/h1-6H,13H2. The lowest BCUT2D eigenvalue weighted by molar-refractivity contribution is 0.112. The molecule has 0 saturated heterocycles. The van der Waals surface area contributed by atoms with Crippen LogP contribution in [0.25, 0.3) is 20.8 Å². The van der Waals surface area contributed by atoms with Crippen molar-refractivity contribution >= 4 is 44.9 Å². The van der Waals surface area contributed by atoms with E-state index < -0.39 is 0 Å². The highest BCUT2D eigenvalue weighted by Crippen LogP contribution is 2.33. The van der Waals surface area contributed by atoms with E-state index in [4.69, 9.17) is 5.73 Å². The van der Waals surface area contributed by atoms with Crippen LogP contribution in [-0.2, 0) is 0 Å². The summed E-state index contributed by atoms with van der Waals surface area (Å²) in [6, 6.07) is 7.88. The van der Waals surface area contributed by atoms with Crippen molar-refractivity contribution in [1.29, 1.82) is 0 Å². The van der Waals surface area contributed by atoms with Gasteiger partial charge >= 0.3 is 0 Å². The monoisotopic (exact) mass is 260 g/mol. The second kappa shape index (κ2) is 3.94. The zero-order valence-electron chi connectivity index (χ0n) is 8.71. The molecule has 0 saturated carbocycles. The maximum absolute atomic E-state index is 10.8. The Kier molecular flexibility index (Phi) is 2.42. The molecular formula is C12H8N2OS2. The number of hydrogen-bond acceptors (Lipinski definition) is 5. The number of thiophene rings is 2. The molecule has 0 radical (unpaired) electrons. The average molecular weight is 260 g/mol. The van der Waals surface area contributed by atoms with Crippen LogP contribution < -0.4 is 5.73 Å². The van der Waals surface area contributed by atoms with Gasteiger partial charge in [0.15, 0.2) is 6.29 Å². The quantitative estimate of drug-likeness (QED) is 0.718. The van der Waals surface area contributed by atoms with Gasteiger partial charge < -0.3 is 5.73 Å². The first kappa shape index (κ1) is 10.4. The molecule has 5 heteroatoms. The topological polar surface area (TPSA) is 56.0 Å². The molecule has 0 aliphatic rings. The van der Waals surface area contributed by atoms with Crippen molar-refractivity contribution in [3.8, 4) is 10.6 Å². The number of rotatable bonds is 2. The summed E-state index contributed by atoms with van der Waals surface area (Å²) in [6.45, 7) is 0. The number of aromatic nitrogens is 1. The number of carbonyl (C=O) groups is 1. The number of aldehydes is 1. The molecule has 3 aromatic heterocycles. The maximum Gasteiger partial charge on any atom is 0.162 e. The van der Waals surface area contributed by atoms with Crippen LogP contribution in [0, 0.1) is 0 Å². The zero-order valence-corrected chi connectivity index (χ0v) is 10.3. The van der Waals surface area contributed by atoms with Crippen LogP contribution in [0.5, 0.6) is 0 Å². The third-order valence-corrected chi connectivity index (χ3v) is 4.44. The number of hydrogen-bond donors (Lipinski definition) is 1. The highest BCUT2D eigenvalue weighted by Gasteiger charge is 2.11. The fourth-order valence-electron chi connectivity index (χ4n) is 1.66. The van der Waals surface area contributed by atoms with Crippen LogP contribution in [-0.4, -0.2) is 11.3 Å². The van der Waals surface area contributed by atoms with E-state index in [0.717, 1.165) is 27.1 Å². The van der Waals surface area contributed by atoms with Crippen LogP contribution in [0.4, 0.5) is 5.69 Å². The zero-order chi connectivity index (χ0) is 11.8. The van der Waals surface area contributed by atoms with Gasteiger partial charge in [0.25, 0.3) is 0 Å². The van der Waals surface area contributed by atoms with Crippen LogP contribution in [0.3, 0.4) is 0 Å². The Labute approximate surface area is 106 Å². The number of fused-ring (bicyclic) bond motifs is 1. The predicted octanol–water partition coefficient (Wildman–Crippen LogP) is 3.42. The molecule has 3 rings (SSSR count). The molecule has 0 fully saturated rings. The van der Waals surface area contributed by atoms with Crippen molar-refractivity contribution < 1.29 is 4.79 Å². The lowest BCUT2D eigenvalue weighted by Crippen LogP contribution is -1.87. The summed E-state index contributed by atoms with van der Waals surface area (Å²) in [5.41, 5.74) is 7.32. The summed E-state index contributed by atoms with van der Waals surface area (Å²) in [6.07, 6.45) is 0.784. The highest BCUT2D eigenvalue weighted by molar-refractivity contribution is 7.21. The van der Waals surface area contributed by atoms with Gasteiger partial charge in [0.1, 0.15) is 4.83 Å². The molecule has 0 bridgehead atoms. The van der Waals surface area contributed by atoms with Gasteiger partial charge in [-0.3, -0.25) is 4.79 Å². The van der Waals surface area contributed by atoms with Crippen molar-refractivity contribution in [2.24, 2.45) is 0 Å². The third-order valence-electron chi connectivity index (χ3n) is 2.50. The van der Waals surface area contributed by atoms with Crippen molar-refractivity contribution in [1.82, 2.24) is 4.98 Å². The third kappa shape index (κ3) is 1.64. The van der Waals surface area contributed by atoms with E-state index >= 15 is 0 Å². The summed E-state index contributed by atoms with van der Waals surface area (Å²) in [4.78, 5) is 17.8. The van der Waals surface area contributed by atoms with Gasteiger partial charge in [0.05, 0.1) is 21.1 Å². The van der Waals surface area contributed by atoms with Gasteiger partial charge in [-0.25, -0.2) is 4.98 Å². The van der Waals surface area contributed by atoms with Gasteiger partial charge in [-0.15, -0.1) is 22.7 Å². The van der Waals surface area contributed by atoms with Crippen LogP contribution in [0.15, 0.2) is 29.6 Å². The summed E-state index contributed by atoms with van der Waals surface area (Å²) in [5.74, 6) is 0. The number of anilines is 1. The van der Waals surface area contributed by atoms with Crippen molar-refractivity contribution in [3.05, 3.63) is 34.5 Å². The number of nitrogen functional groups attached to an aromatic ring is 1. The molecule has 0 aliphatic heterocycles. The Morgan fingerprint density at radius 1 is 1.29 bits per heavy atom. The second-order valence-corrected chi connectivity index (χ2v) is 5.50. The smallest absolute Gasteiger partial charge is 0.162 e. The predicted molar refractivity (Wildman–Crippen MR) is 72.7 cm³/mol. The van der Waals surface area contributed by atoms with Crippen LogP contribution >= 0.6 is 22.7 Å². The Balaban J connectivity index is 2.23. The Morgan fingerprint density at radius 3 is 2.88 bits per heavy atom. The van der Waals surface area contributed by atoms with Gasteiger partial charge in [-0.2, -0.15) is 0 Å². The molecule has 84 valence electrons. The summed E-state index contributed by atoms with van der Waals surface area (Å²) in [5, 5.41) is 2.87. The van der Waals surface area contributed by atoms with Gasteiger partial charge in [-0.1, -0.05) is 6.07 Å². The van der Waals surface area contributed by atoms with Gasteiger partial charge in [0, 0.05) is 5.39 Å². The summed E-state index contributed by atoms with van der Waals surface area (Å²) >= 11 is 2.98. The maximum atomic E-state index is 10.8. The molecular weight excluding hydrogens is 252 g/mol. The van der Waals surface area contributed by atoms with Crippen molar-refractivity contribution in [3.63, 3.8) is 0 Å². The van der Waals surface area contributed by atoms with E-state index in [-0.39, 0.29) is 0 Å². The van der Waals surface area contributed by atoms with E-state index in [1.807, 2.05) is 29.6 Å². The molecule has 3 nitrogen and oxygen atoms in total. The van der Waals surface area contributed by atoms with Crippen LogP contribution in [0.2, 0.25) is 0 Å². The molecule has 0 atom stereocenters. The van der Waals surface area contributed by atoms with Crippen LogP contribution in [0.1, 0.15) is 9.67 Å². The second-order valence-electron chi connectivity index (χ2n) is 3.52. The minimum Gasteiger partial charge on any atom is -0.397 e. The fraction of sp³-hybridized carbons (Fsp3) is 0. The lowest BCUT2D eigenvalue weighted by Gasteiger charge is -1.96. The largest absolute Gasteiger partial charge is 0.397 e. The summed E-state index contributed by atoms with van der Waals surface area (Å²) in [7, 11) is 0. The molecule has 17 heavy (non-hydrogen) atoms. The van der Waals surface area contributed by atoms with E-state index in [1.165, 1.54) is 11.3 Å². The SMILES string of the molecule is Nc1c(C=O)sc2nc(-c3cccs3)ccc12. The van der Waals surface area contributed by atoms with Crippen molar-refractivity contribution in [2.45, 2.75) is 0 Å². The Hall–Kier alpha value is -1.72. The van der Waals surface area contributed by atoms with Gasteiger partial charge in [-0.05, 0) is 23.6 Å². The Bertz CT molecular complexity index is 686. The van der Waals surface area contributed by atoms with E-state index in [0.29, 0.717) is 10.6 Å². The number of nitrogens with two attached hydrogens (primary N) is 1. The summed E-state index contributed by atoms with van der Waals surface area (Å²) < 4.78 is 0. The van der Waals surface area contributed by atoms with E-state index in [9.17, 15) is 4.79 Å². The molecule has 2 N–H and O–H groups in total. The first-order chi connectivity index (χ1) is 8.29. The first-order valence-corrected chi connectivity index (χ1v) is 6.67. The minimum absolute atomic E-state index is 0.533. The molecule has 0 aromatic carbocycles. The van der Waals surface area contributed by atoms with Crippen molar-refractivity contribution in [2.75, 3.05) is 5.73 Å². The van der Waals surface area contributed by atoms with Gasteiger partial charge in [0.2, 0.25) is 0 Å². The number of nitrogens with zero attached hydrogens (tertiary/aromatic N) is 1. The highest BCUT2D eigenvalue weighted by atomic mass is 32.1. The lowest BCUT2D eigenvalue weighted by atomic mass is 10.2. The van der Waals surface area contributed by atoms with E-state index in [2.05, 4.69) is 4.98 Å². The first-order valence-electron chi connectivity index (χ1n) is 4.97. The average Bonchev–Trinajstić information content (AvgIpc) is 2.97. The fourth-order valence-corrected chi connectivity index (χ4v) is 3.27. The number of carbonyl (C=O) groups excluding carboxylic acids is 1. The minimum atomic E-state index is 0.533. The van der Waals surface area contributed by atoms with E-state index in [1.54, 1.807) is 11.3 Å².